The Morgan fingerprint density at radius 2 is 1.65 bits per heavy atom. The highest BCUT2D eigenvalue weighted by Gasteiger charge is 2.39. The summed E-state index contributed by atoms with van der Waals surface area (Å²) in [7, 11) is 1.50. The van der Waals surface area contributed by atoms with Gasteiger partial charge < -0.3 is 15.4 Å². The first-order chi connectivity index (χ1) is 7.96. The highest BCUT2D eigenvalue weighted by molar-refractivity contribution is 5.68. The van der Waals surface area contributed by atoms with E-state index in [1.807, 2.05) is 25.7 Å². The van der Waals surface area contributed by atoms with Gasteiger partial charge in [-0.15, -0.1) is 0 Å². The van der Waals surface area contributed by atoms with E-state index in [2.05, 4.69) is 5.73 Å². The second kappa shape index (κ2) is 5.71. The fraction of sp³-hybridized carbons (Fsp3) is 0.923. The summed E-state index contributed by atoms with van der Waals surface area (Å²) in [6.07, 6.45) is 3.81. The molecule has 4 nitrogen and oxygen atoms in total. The molecule has 1 heterocycles. The van der Waals surface area contributed by atoms with E-state index in [9.17, 15) is 4.79 Å². The smallest absolute Gasteiger partial charge is 0.410 e. The van der Waals surface area contributed by atoms with E-state index in [1.54, 1.807) is 0 Å². The predicted octanol–water partition coefficient (Wildman–Crippen LogP) is 2.23. The number of fused-ring (bicyclic) bond motifs is 1. The average molecular weight is 242 g/mol. The summed E-state index contributed by atoms with van der Waals surface area (Å²) in [6, 6.07) is 0. The van der Waals surface area contributed by atoms with Gasteiger partial charge in [-0.05, 0) is 52.5 Å². The molecule has 1 aliphatic carbocycles. The highest BCUT2D eigenvalue weighted by atomic mass is 16.6. The van der Waals surface area contributed by atoms with Crippen LogP contribution >= 0.6 is 0 Å². The van der Waals surface area contributed by atoms with E-state index in [0.29, 0.717) is 0 Å². The molecule has 1 saturated carbocycles. The standard InChI is InChI=1S/C12H21NO2.CH5N/c1-12(2,3)15-11(14)13-7-9-5-4-6-10(9)8-13;1-2/h9-10H,4-8H2,1-3H3;2H2,1H3/t9-,10+;. The molecule has 2 N–H and O–H groups in total. The molecule has 0 aromatic rings. The lowest BCUT2D eigenvalue weighted by atomic mass is 10.0. The fourth-order valence-corrected chi connectivity index (χ4v) is 2.71. The third-order valence-corrected chi connectivity index (χ3v) is 3.38. The van der Waals surface area contributed by atoms with Crippen molar-refractivity contribution in [3.8, 4) is 0 Å². The van der Waals surface area contributed by atoms with Crippen LogP contribution in [0.15, 0.2) is 0 Å². The Balaban J connectivity index is 0.000000686. The first kappa shape index (κ1) is 14.3. The minimum atomic E-state index is -0.366. The van der Waals surface area contributed by atoms with E-state index in [4.69, 9.17) is 4.74 Å². The van der Waals surface area contributed by atoms with Gasteiger partial charge in [0.15, 0.2) is 0 Å². The monoisotopic (exact) mass is 242 g/mol. The van der Waals surface area contributed by atoms with Gasteiger partial charge in [0.05, 0.1) is 0 Å². The maximum Gasteiger partial charge on any atom is 0.410 e. The van der Waals surface area contributed by atoms with E-state index in [-0.39, 0.29) is 11.7 Å². The van der Waals surface area contributed by atoms with E-state index in [0.717, 1.165) is 24.9 Å². The van der Waals surface area contributed by atoms with Crippen LogP contribution in [-0.4, -0.2) is 36.7 Å². The molecule has 0 spiro atoms. The summed E-state index contributed by atoms with van der Waals surface area (Å²) < 4.78 is 5.37. The Hall–Kier alpha value is -0.770. The van der Waals surface area contributed by atoms with Crippen LogP contribution in [0.1, 0.15) is 40.0 Å². The maximum atomic E-state index is 11.8. The van der Waals surface area contributed by atoms with Crippen LogP contribution in [0.4, 0.5) is 4.79 Å². The van der Waals surface area contributed by atoms with Crippen LogP contribution < -0.4 is 5.73 Å². The van der Waals surface area contributed by atoms with Gasteiger partial charge in [-0.3, -0.25) is 0 Å². The Morgan fingerprint density at radius 3 is 2.06 bits per heavy atom. The van der Waals surface area contributed by atoms with Crippen LogP contribution in [-0.2, 0) is 4.74 Å². The summed E-state index contributed by atoms with van der Waals surface area (Å²) in [5, 5.41) is 0. The van der Waals surface area contributed by atoms with Gasteiger partial charge in [0, 0.05) is 13.1 Å². The topological polar surface area (TPSA) is 55.6 Å². The Kier molecular flexibility index (Phi) is 4.80. The number of carbonyl (C=O) groups is 1. The molecule has 17 heavy (non-hydrogen) atoms. The predicted molar refractivity (Wildman–Crippen MR) is 68.7 cm³/mol. The van der Waals surface area contributed by atoms with Crippen molar-refractivity contribution in [2.24, 2.45) is 17.6 Å². The molecule has 0 unspecified atom stereocenters. The summed E-state index contributed by atoms with van der Waals surface area (Å²) >= 11 is 0. The minimum absolute atomic E-state index is 0.128. The van der Waals surface area contributed by atoms with Gasteiger partial charge in [0.25, 0.3) is 0 Å². The molecule has 2 rings (SSSR count). The van der Waals surface area contributed by atoms with Gasteiger partial charge >= 0.3 is 6.09 Å². The molecule has 4 heteroatoms. The van der Waals surface area contributed by atoms with Crippen LogP contribution in [0.2, 0.25) is 0 Å². The second-order valence-corrected chi connectivity index (χ2v) is 5.84. The Labute approximate surface area is 104 Å². The lowest BCUT2D eigenvalue weighted by Gasteiger charge is -2.24. The normalized spacial score (nSPS) is 27.2. The molecule has 2 fully saturated rings. The molecule has 0 bridgehead atoms. The molecular formula is C13H26N2O2. The van der Waals surface area contributed by atoms with Crippen LogP contribution in [0, 0.1) is 11.8 Å². The van der Waals surface area contributed by atoms with Gasteiger partial charge in [-0.1, -0.05) is 6.42 Å². The quantitative estimate of drug-likeness (QED) is 0.708. The zero-order valence-corrected chi connectivity index (χ0v) is 11.5. The SMILES string of the molecule is CC(C)(C)OC(=O)N1C[C@H]2CCC[C@H]2C1.CN. The number of likely N-dealkylation sites (tertiary alicyclic amines) is 1. The molecule has 2 atom stereocenters. The molecule has 0 aromatic carbocycles. The van der Waals surface area contributed by atoms with Crippen LogP contribution in [0.3, 0.4) is 0 Å². The lowest BCUT2D eigenvalue weighted by Crippen LogP contribution is -2.35. The number of ether oxygens (including phenoxy) is 1. The lowest BCUT2D eigenvalue weighted by molar-refractivity contribution is 0.0280. The minimum Gasteiger partial charge on any atom is -0.444 e. The second-order valence-electron chi connectivity index (χ2n) is 5.84. The molecule has 1 amide bonds. The summed E-state index contributed by atoms with van der Waals surface area (Å²) in [5.74, 6) is 1.50. The molecule has 0 aromatic heterocycles. The number of rotatable bonds is 0. The van der Waals surface area contributed by atoms with Gasteiger partial charge in [0.2, 0.25) is 0 Å². The average Bonchev–Trinajstić information content (AvgIpc) is 2.76. The number of amides is 1. The zero-order valence-electron chi connectivity index (χ0n) is 11.5. The number of nitrogens with zero attached hydrogens (tertiary/aromatic N) is 1. The third-order valence-electron chi connectivity index (χ3n) is 3.38. The van der Waals surface area contributed by atoms with Crippen molar-refractivity contribution < 1.29 is 9.53 Å². The number of hydrogen-bond donors (Lipinski definition) is 1. The van der Waals surface area contributed by atoms with E-state index >= 15 is 0 Å². The van der Waals surface area contributed by atoms with Crippen molar-refractivity contribution in [2.75, 3.05) is 20.1 Å². The number of carbonyl (C=O) groups excluding carboxylic acids is 1. The molecule has 1 saturated heterocycles. The van der Waals surface area contributed by atoms with Crippen molar-refractivity contribution in [2.45, 2.75) is 45.6 Å². The molecule has 1 aliphatic heterocycles. The summed E-state index contributed by atoms with van der Waals surface area (Å²) in [5.41, 5.74) is 4.13. The zero-order chi connectivity index (χ0) is 13.1. The molecular weight excluding hydrogens is 216 g/mol. The van der Waals surface area contributed by atoms with Crippen molar-refractivity contribution in [1.82, 2.24) is 4.90 Å². The number of hydrogen-bond acceptors (Lipinski definition) is 3. The van der Waals surface area contributed by atoms with E-state index in [1.165, 1.54) is 26.3 Å². The molecule has 100 valence electrons. The van der Waals surface area contributed by atoms with Gasteiger partial charge in [-0.2, -0.15) is 0 Å². The third kappa shape index (κ3) is 3.87. The van der Waals surface area contributed by atoms with Crippen molar-refractivity contribution in [1.29, 1.82) is 0 Å². The fourth-order valence-electron chi connectivity index (χ4n) is 2.71. The molecule has 0 radical (unpaired) electrons. The first-order valence-corrected chi connectivity index (χ1v) is 6.51. The van der Waals surface area contributed by atoms with Gasteiger partial charge in [-0.25, -0.2) is 4.79 Å². The van der Waals surface area contributed by atoms with Gasteiger partial charge in [0.1, 0.15) is 5.60 Å². The number of nitrogens with two attached hydrogens (primary N) is 1. The summed E-state index contributed by atoms with van der Waals surface area (Å²) in [6.45, 7) is 7.59. The molecule has 2 aliphatic rings. The van der Waals surface area contributed by atoms with Crippen molar-refractivity contribution in [3.05, 3.63) is 0 Å². The Bertz CT molecular complexity index is 249. The largest absolute Gasteiger partial charge is 0.444 e. The first-order valence-electron chi connectivity index (χ1n) is 6.51. The summed E-state index contributed by atoms with van der Waals surface area (Å²) in [4.78, 5) is 13.7. The highest BCUT2D eigenvalue weighted by Crippen LogP contribution is 2.38. The van der Waals surface area contributed by atoms with E-state index < -0.39 is 0 Å². The van der Waals surface area contributed by atoms with Crippen LogP contribution in [0.5, 0.6) is 0 Å². The maximum absolute atomic E-state index is 11.8. The van der Waals surface area contributed by atoms with Crippen molar-refractivity contribution in [3.63, 3.8) is 0 Å². The van der Waals surface area contributed by atoms with Crippen LogP contribution in [0.25, 0.3) is 0 Å². The van der Waals surface area contributed by atoms with Crippen molar-refractivity contribution >= 4 is 6.09 Å². The Morgan fingerprint density at radius 1 is 1.18 bits per heavy atom.